The Bertz CT molecular complexity index is 636. The van der Waals surface area contributed by atoms with Crippen LogP contribution in [0.3, 0.4) is 0 Å². The van der Waals surface area contributed by atoms with Crippen LogP contribution in [0.1, 0.15) is 5.56 Å². The zero-order chi connectivity index (χ0) is 14.7. The molecule has 4 nitrogen and oxygen atoms in total. The first-order valence-corrected chi connectivity index (χ1v) is 7.31. The van der Waals surface area contributed by atoms with E-state index in [9.17, 15) is 4.79 Å². The highest BCUT2D eigenvalue weighted by molar-refractivity contribution is 5.85. The van der Waals surface area contributed by atoms with Gasteiger partial charge in [-0.3, -0.25) is 9.69 Å². The molecule has 4 heteroatoms. The summed E-state index contributed by atoms with van der Waals surface area (Å²) < 4.78 is 5.85. The minimum Gasteiger partial charge on any atom is -0.375 e. The summed E-state index contributed by atoms with van der Waals surface area (Å²) in [5, 5.41) is 2.52. The van der Waals surface area contributed by atoms with Gasteiger partial charge < -0.3 is 10.5 Å². The molecule has 21 heavy (non-hydrogen) atoms. The summed E-state index contributed by atoms with van der Waals surface area (Å²) in [7, 11) is 0. The van der Waals surface area contributed by atoms with Crippen LogP contribution in [-0.2, 0) is 16.0 Å². The zero-order valence-electron chi connectivity index (χ0n) is 12.0. The number of ether oxygens (including phenoxy) is 1. The second-order valence-corrected chi connectivity index (χ2v) is 5.54. The molecule has 2 aromatic rings. The third kappa shape index (κ3) is 3.40. The van der Waals surface area contributed by atoms with Gasteiger partial charge >= 0.3 is 0 Å². The first-order chi connectivity index (χ1) is 10.2. The summed E-state index contributed by atoms with van der Waals surface area (Å²) in [5.74, 6) is -0.277. The van der Waals surface area contributed by atoms with Crippen LogP contribution in [0.25, 0.3) is 10.8 Å². The molecule has 1 aliphatic rings. The molecule has 3 rings (SSSR count). The largest absolute Gasteiger partial charge is 0.375 e. The number of nitrogens with zero attached hydrogens (tertiary/aromatic N) is 1. The molecule has 0 saturated carbocycles. The highest BCUT2D eigenvalue weighted by atomic mass is 16.5. The maximum absolute atomic E-state index is 11.0. The molecular weight excluding hydrogens is 264 g/mol. The van der Waals surface area contributed by atoms with E-state index >= 15 is 0 Å². The van der Waals surface area contributed by atoms with E-state index in [1.54, 1.807) is 0 Å². The van der Waals surface area contributed by atoms with Crippen LogP contribution in [0.15, 0.2) is 42.5 Å². The number of rotatable bonds is 4. The van der Waals surface area contributed by atoms with Crippen molar-refractivity contribution >= 4 is 16.7 Å². The molecule has 0 spiro atoms. The van der Waals surface area contributed by atoms with Crippen molar-refractivity contribution in [2.45, 2.75) is 12.5 Å². The van der Waals surface area contributed by atoms with E-state index < -0.39 is 0 Å². The molecule has 1 amide bonds. The first-order valence-electron chi connectivity index (χ1n) is 7.31. The molecule has 1 aliphatic heterocycles. The molecule has 0 unspecified atom stereocenters. The van der Waals surface area contributed by atoms with Crippen LogP contribution in [-0.4, -0.2) is 43.2 Å². The fraction of sp³-hybridized carbons (Fsp3) is 0.353. The van der Waals surface area contributed by atoms with E-state index in [1.165, 1.54) is 16.3 Å². The molecule has 1 fully saturated rings. The molecule has 0 bridgehead atoms. The number of primary amides is 1. The van der Waals surface area contributed by atoms with Crippen LogP contribution in [0, 0.1) is 0 Å². The molecule has 0 radical (unpaired) electrons. The Kier molecular flexibility index (Phi) is 4.18. The average Bonchev–Trinajstić information content (AvgIpc) is 2.47. The molecule has 110 valence electrons. The van der Waals surface area contributed by atoms with Gasteiger partial charge in [-0.1, -0.05) is 42.5 Å². The van der Waals surface area contributed by atoms with Crippen LogP contribution in [0.4, 0.5) is 0 Å². The Morgan fingerprint density at radius 2 is 2.05 bits per heavy atom. The number of fused-ring (bicyclic) bond motifs is 1. The summed E-state index contributed by atoms with van der Waals surface area (Å²) in [6.45, 7) is 2.50. The number of hydrogen-bond acceptors (Lipinski definition) is 3. The summed E-state index contributed by atoms with van der Waals surface area (Å²) >= 11 is 0. The molecule has 0 aromatic heterocycles. The van der Waals surface area contributed by atoms with Crippen molar-refractivity contribution in [2.75, 3.05) is 26.2 Å². The van der Waals surface area contributed by atoms with E-state index in [2.05, 4.69) is 47.4 Å². The van der Waals surface area contributed by atoms with Crippen molar-refractivity contribution in [3.8, 4) is 0 Å². The van der Waals surface area contributed by atoms with E-state index in [1.807, 2.05) is 0 Å². The van der Waals surface area contributed by atoms with Gasteiger partial charge in [-0.15, -0.1) is 0 Å². The Balaban J connectivity index is 1.74. The number of hydrogen-bond donors (Lipinski definition) is 1. The molecular formula is C17H20N2O2. The van der Waals surface area contributed by atoms with Crippen molar-refractivity contribution in [3.05, 3.63) is 48.0 Å². The Labute approximate surface area is 124 Å². The lowest BCUT2D eigenvalue weighted by molar-refractivity contribution is -0.121. The van der Waals surface area contributed by atoms with Crippen LogP contribution in [0.2, 0.25) is 0 Å². The van der Waals surface area contributed by atoms with Crippen molar-refractivity contribution < 1.29 is 9.53 Å². The van der Waals surface area contributed by atoms with Gasteiger partial charge in [0, 0.05) is 19.5 Å². The second kappa shape index (κ2) is 6.24. The van der Waals surface area contributed by atoms with E-state index in [0.717, 1.165) is 19.5 Å². The van der Waals surface area contributed by atoms with Crippen molar-refractivity contribution in [2.24, 2.45) is 5.73 Å². The maximum Gasteiger partial charge on any atom is 0.231 e. The Morgan fingerprint density at radius 3 is 2.90 bits per heavy atom. The normalized spacial score (nSPS) is 19.7. The van der Waals surface area contributed by atoms with Gasteiger partial charge in [-0.2, -0.15) is 0 Å². The average molecular weight is 284 g/mol. The van der Waals surface area contributed by atoms with Gasteiger partial charge in [-0.25, -0.2) is 0 Å². The highest BCUT2D eigenvalue weighted by Crippen LogP contribution is 2.21. The van der Waals surface area contributed by atoms with Gasteiger partial charge in [0.1, 0.15) is 0 Å². The van der Waals surface area contributed by atoms with E-state index in [-0.39, 0.29) is 12.0 Å². The first kappa shape index (κ1) is 14.0. The number of carbonyl (C=O) groups is 1. The van der Waals surface area contributed by atoms with E-state index in [4.69, 9.17) is 10.5 Å². The van der Waals surface area contributed by atoms with Crippen LogP contribution < -0.4 is 5.73 Å². The van der Waals surface area contributed by atoms with Gasteiger partial charge in [0.2, 0.25) is 5.91 Å². The molecule has 1 heterocycles. The quantitative estimate of drug-likeness (QED) is 0.927. The molecule has 1 saturated heterocycles. The standard InChI is InChI=1S/C17H20N2O2/c18-17(20)12-19-8-9-21-15(11-19)10-14-6-3-5-13-4-1-2-7-16(13)14/h1-7,15H,8-12H2,(H2,18,20)/t15-/m0/s1. The summed E-state index contributed by atoms with van der Waals surface area (Å²) in [6, 6.07) is 14.7. The van der Waals surface area contributed by atoms with Crippen molar-refractivity contribution in [3.63, 3.8) is 0 Å². The number of nitrogens with two attached hydrogens (primary N) is 1. The van der Waals surface area contributed by atoms with Gasteiger partial charge in [0.15, 0.2) is 0 Å². The third-order valence-corrected chi connectivity index (χ3v) is 3.93. The third-order valence-electron chi connectivity index (χ3n) is 3.93. The lowest BCUT2D eigenvalue weighted by atomic mass is 9.99. The summed E-state index contributed by atoms with van der Waals surface area (Å²) in [4.78, 5) is 13.1. The lowest BCUT2D eigenvalue weighted by Crippen LogP contribution is -2.46. The number of carbonyl (C=O) groups excluding carboxylic acids is 1. The topological polar surface area (TPSA) is 55.6 Å². The number of amides is 1. The SMILES string of the molecule is NC(=O)CN1CCO[C@@H](Cc2cccc3ccccc23)C1. The number of benzene rings is 2. The predicted octanol–water partition coefficient (Wildman–Crippen LogP) is 1.57. The second-order valence-electron chi connectivity index (χ2n) is 5.54. The fourth-order valence-corrected chi connectivity index (χ4v) is 2.98. The predicted molar refractivity (Wildman–Crippen MR) is 83.0 cm³/mol. The fourth-order valence-electron chi connectivity index (χ4n) is 2.98. The minimum absolute atomic E-state index is 0.115. The maximum atomic E-state index is 11.0. The minimum atomic E-state index is -0.277. The Hall–Kier alpha value is -1.91. The monoisotopic (exact) mass is 284 g/mol. The molecule has 1 atom stereocenters. The van der Waals surface area contributed by atoms with Crippen LogP contribution >= 0.6 is 0 Å². The number of morpholine rings is 1. The Morgan fingerprint density at radius 1 is 1.24 bits per heavy atom. The molecule has 2 aromatic carbocycles. The van der Waals surface area contributed by atoms with Crippen molar-refractivity contribution in [1.82, 2.24) is 4.90 Å². The molecule has 2 N–H and O–H groups in total. The van der Waals surface area contributed by atoms with Gasteiger partial charge in [0.05, 0.1) is 19.3 Å². The summed E-state index contributed by atoms with van der Waals surface area (Å²) in [6.07, 6.45) is 0.972. The zero-order valence-corrected chi connectivity index (χ0v) is 12.0. The van der Waals surface area contributed by atoms with Crippen LogP contribution in [0.5, 0.6) is 0 Å². The van der Waals surface area contributed by atoms with E-state index in [0.29, 0.717) is 13.2 Å². The highest BCUT2D eigenvalue weighted by Gasteiger charge is 2.22. The lowest BCUT2D eigenvalue weighted by Gasteiger charge is -2.32. The summed E-state index contributed by atoms with van der Waals surface area (Å²) in [5.41, 5.74) is 6.57. The van der Waals surface area contributed by atoms with Crippen molar-refractivity contribution in [1.29, 1.82) is 0 Å². The smallest absolute Gasteiger partial charge is 0.231 e. The van der Waals surface area contributed by atoms with Gasteiger partial charge in [0.25, 0.3) is 0 Å². The molecule has 0 aliphatic carbocycles. The van der Waals surface area contributed by atoms with Gasteiger partial charge in [-0.05, 0) is 16.3 Å².